The van der Waals surface area contributed by atoms with Crippen molar-refractivity contribution in [2.75, 3.05) is 13.3 Å². The molecule has 1 N–H and O–H groups in total. The van der Waals surface area contributed by atoms with E-state index in [1.165, 1.54) is 18.9 Å². The van der Waals surface area contributed by atoms with E-state index >= 15 is 0 Å². The fraction of sp³-hybridized carbons (Fsp3) is 0.500. The van der Waals surface area contributed by atoms with Crippen LogP contribution in [0.15, 0.2) is 12.1 Å². The van der Waals surface area contributed by atoms with Crippen LogP contribution in [0.3, 0.4) is 0 Å². The number of nitrogens with one attached hydrogen (secondary N) is 1. The maximum Gasteiger partial charge on any atom is 0.231 e. The van der Waals surface area contributed by atoms with E-state index in [0.717, 1.165) is 18.5 Å². The van der Waals surface area contributed by atoms with E-state index in [-0.39, 0.29) is 24.4 Å². The van der Waals surface area contributed by atoms with E-state index in [9.17, 15) is 4.39 Å². The molecule has 86 valence electrons. The number of hydrogen-bond acceptors (Lipinski definition) is 3. The number of ether oxygens (including phenoxy) is 2. The van der Waals surface area contributed by atoms with Gasteiger partial charge in [-0.1, -0.05) is 12.5 Å². The molecule has 0 spiro atoms. The molecule has 2 aliphatic heterocycles. The van der Waals surface area contributed by atoms with Crippen molar-refractivity contribution < 1.29 is 13.9 Å². The quantitative estimate of drug-likeness (QED) is 0.792. The minimum Gasteiger partial charge on any atom is -0.453 e. The molecule has 1 aromatic rings. The summed E-state index contributed by atoms with van der Waals surface area (Å²) in [5, 5.41) is 3.43. The topological polar surface area (TPSA) is 30.5 Å². The Kier molecular flexibility index (Phi) is 2.44. The van der Waals surface area contributed by atoms with Gasteiger partial charge in [-0.25, -0.2) is 4.39 Å². The van der Waals surface area contributed by atoms with Crippen LogP contribution in [0.2, 0.25) is 0 Å². The summed E-state index contributed by atoms with van der Waals surface area (Å²) in [5.74, 6) is 0.510. The summed E-state index contributed by atoms with van der Waals surface area (Å²) in [6.07, 6.45) is 3.48. The van der Waals surface area contributed by atoms with Crippen LogP contribution >= 0.6 is 0 Å². The Morgan fingerprint density at radius 3 is 2.88 bits per heavy atom. The van der Waals surface area contributed by atoms with Crippen LogP contribution in [0.5, 0.6) is 11.5 Å². The van der Waals surface area contributed by atoms with Gasteiger partial charge in [0.25, 0.3) is 0 Å². The summed E-state index contributed by atoms with van der Waals surface area (Å²) in [6.45, 7) is 1.13. The zero-order valence-corrected chi connectivity index (χ0v) is 8.96. The highest BCUT2D eigenvalue weighted by Crippen LogP contribution is 2.42. The summed E-state index contributed by atoms with van der Waals surface area (Å²) in [6, 6.07) is 3.52. The summed E-state index contributed by atoms with van der Waals surface area (Å²) >= 11 is 0. The zero-order chi connectivity index (χ0) is 11.0. The number of hydrogen-bond donors (Lipinski definition) is 1. The first-order valence-electron chi connectivity index (χ1n) is 5.67. The number of rotatable bonds is 1. The van der Waals surface area contributed by atoms with Gasteiger partial charge in [-0.2, -0.15) is 0 Å². The van der Waals surface area contributed by atoms with Crippen molar-refractivity contribution in [3.63, 3.8) is 0 Å². The van der Waals surface area contributed by atoms with Crippen LogP contribution in [-0.4, -0.2) is 13.3 Å². The van der Waals surface area contributed by atoms with E-state index < -0.39 is 0 Å². The van der Waals surface area contributed by atoms with Crippen LogP contribution in [-0.2, 0) is 0 Å². The molecule has 0 saturated carbocycles. The van der Waals surface area contributed by atoms with Gasteiger partial charge < -0.3 is 14.8 Å². The van der Waals surface area contributed by atoms with E-state index in [4.69, 9.17) is 9.47 Å². The lowest BCUT2D eigenvalue weighted by molar-refractivity contribution is 0.169. The van der Waals surface area contributed by atoms with Gasteiger partial charge >= 0.3 is 0 Å². The van der Waals surface area contributed by atoms with Crippen LogP contribution in [0, 0.1) is 5.82 Å². The molecule has 1 saturated heterocycles. The van der Waals surface area contributed by atoms with Crippen LogP contribution in [0.1, 0.15) is 30.9 Å². The van der Waals surface area contributed by atoms with Crippen molar-refractivity contribution in [3.8, 4) is 11.5 Å². The molecule has 4 heteroatoms. The lowest BCUT2D eigenvalue weighted by Crippen LogP contribution is -2.27. The molecule has 1 unspecified atom stereocenters. The molecular weight excluding hydrogens is 209 g/mol. The van der Waals surface area contributed by atoms with E-state index in [1.54, 1.807) is 6.07 Å². The van der Waals surface area contributed by atoms with Crippen molar-refractivity contribution >= 4 is 0 Å². The molecule has 0 radical (unpaired) electrons. The molecule has 1 aromatic carbocycles. The van der Waals surface area contributed by atoms with E-state index in [0.29, 0.717) is 5.75 Å². The Hall–Kier alpha value is -1.29. The normalized spacial score (nSPS) is 23.4. The summed E-state index contributed by atoms with van der Waals surface area (Å²) < 4.78 is 23.9. The average molecular weight is 223 g/mol. The molecule has 0 amide bonds. The summed E-state index contributed by atoms with van der Waals surface area (Å²) in [5.41, 5.74) is 1.02. The molecular formula is C12H14FNO2. The lowest BCUT2D eigenvalue weighted by atomic mass is 9.96. The fourth-order valence-corrected chi connectivity index (χ4v) is 2.38. The Bertz CT molecular complexity index is 402. The first-order chi connectivity index (χ1) is 7.86. The smallest absolute Gasteiger partial charge is 0.231 e. The van der Waals surface area contributed by atoms with Crippen LogP contribution in [0.25, 0.3) is 0 Å². The standard InChI is InChI=1S/C12H14FNO2/c13-9-5-4-8(10-3-1-2-6-14-10)11-12(9)16-7-15-11/h4-5,10,14H,1-3,6-7H2. The van der Waals surface area contributed by atoms with Gasteiger partial charge in [0.15, 0.2) is 11.6 Å². The molecule has 1 atom stereocenters. The highest BCUT2D eigenvalue weighted by molar-refractivity contribution is 5.50. The molecule has 0 aliphatic carbocycles. The molecule has 2 aliphatic rings. The molecule has 2 heterocycles. The maximum atomic E-state index is 13.4. The van der Waals surface area contributed by atoms with E-state index in [1.807, 2.05) is 0 Å². The Morgan fingerprint density at radius 2 is 2.06 bits per heavy atom. The zero-order valence-electron chi connectivity index (χ0n) is 8.96. The average Bonchev–Trinajstić information content (AvgIpc) is 2.81. The molecule has 3 nitrogen and oxygen atoms in total. The van der Waals surface area contributed by atoms with Crippen molar-refractivity contribution in [3.05, 3.63) is 23.5 Å². The molecule has 1 fully saturated rings. The second-order valence-corrected chi connectivity index (χ2v) is 4.20. The van der Waals surface area contributed by atoms with Gasteiger partial charge in [0.2, 0.25) is 12.5 Å². The molecule has 3 rings (SSSR count). The van der Waals surface area contributed by atoms with Gasteiger partial charge in [0.05, 0.1) is 0 Å². The largest absolute Gasteiger partial charge is 0.453 e. The monoisotopic (exact) mass is 223 g/mol. The predicted molar refractivity (Wildman–Crippen MR) is 57.1 cm³/mol. The first kappa shape index (κ1) is 9.90. The minimum atomic E-state index is -0.341. The van der Waals surface area contributed by atoms with Gasteiger partial charge in [-0.3, -0.25) is 0 Å². The van der Waals surface area contributed by atoms with Crippen LogP contribution in [0.4, 0.5) is 4.39 Å². The summed E-state index contributed by atoms with van der Waals surface area (Å²) in [4.78, 5) is 0. The Labute approximate surface area is 93.6 Å². The van der Waals surface area contributed by atoms with Gasteiger partial charge in [0.1, 0.15) is 0 Å². The van der Waals surface area contributed by atoms with E-state index in [2.05, 4.69) is 5.32 Å². The van der Waals surface area contributed by atoms with Crippen LogP contribution < -0.4 is 14.8 Å². The predicted octanol–water partition coefficient (Wildman–Crippen LogP) is 2.37. The Balaban J connectivity index is 1.98. The SMILES string of the molecule is Fc1ccc(C2CCCCN2)c2c1OCO2. The third-order valence-corrected chi connectivity index (χ3v) is 3.19. The maximum absolute atomic E-state index is 13.4. The summed E-state index contributed by atoms with van der Waals surface area (Å²) in [7, 11) is 0. The van der Waals surface area contributed by atoms with Crippen molar-refractivity contribution in [1.82, 2.24) is 5.32 Å². The Morgan fingerprint density at radius 1 is 1.19 bits per heavy atom. The highest BCUT2D eigenvalue weighted by atomic mass is 19.1. The van der Waals surface area contributed by atoms with Crippen molar-refractivity contribution in [2.24, 2.45) is 0 Å². The van der Waals surface area contributed by atoms with Gasteiger partial charge in [-0.05, 0) is 25.5 Å². The first-order valence-corrected chi connectivity index (χ1v) is 5.67. The van der Waals surface area contributed by atoms with Gasteiger partial charge in [-0.15, -0.1) is 0 Å². The third-order valence-electron chi connectivity index (χ3n) is 3.19. The second kappa shape index (κ2) is 3.94. The molecule has 0 aromatic heterocycles. The second-order valence-electron chi connectivity index (χ2n) is 4.20. The third kappa shape index (κ3) is 1.53. The number of fused-ring (bicyclic) bond motifs is 1. The molecule has 0 bridgehead atoms. The number of halogens is 1. The minimum absolute atomic E-state index is 0.121. The highest BCUT2D eigenvalue weighted by Gasteiger charge is 2.27. The van der Waals surface area contributed by atoms with Crippen molar-refractivity contribution in [2.45, 2.75) is 25.3 Å². The number of piperidine rings is 1. The van der Waals surface area contributed by atoms with Crippen molar-refractivity contribution in [1.29, 1.82) is 0 Å². The number of benzene rings is 1. The van der Waals surface area contributed by atoms with Gasteiger partial charge in [0, 0.05) is 11.6 Å². The fourth-order valence-electron chi connectivity index (χ4n) is 2.38. The lowest BCUT2D eigenvalue weighted by Gasteiger charge is -2.24. The molecule has 16 heavy (non-hydrogen) atoms.